The van der Waals surface area contributed by atoms with Crippen molar-refractivity contribution in [2.45, 2.75) is 37.8 Å². The first-order valence-electron chi connectivity index (χ1n) is 9.53. The first kappa shape index (κ1) is 23.1. The van der Waals surface area contributed by atoms with E-state index in [2.05, 4.69) is 5.32 Å². The van der Waals surface area contributed by atoms with Crippen molar-refractivity contribution in [2.75, 3.05) is 19.4 Å². The zero-order valence-corrected chi connectivity index (χ0v) is 18.6. The van der Waals surface area contributed by atoms with Gasteiger partial charge in [-0.1, -0.05) is 23.7 Å². The molecule has 0 fully saturated rings. The minimum absolute atomic E-state index is 0.0620. The number of nitrogens with one attached hydrogen (secondary N) is 1. The van der Waals surface area contributed by atoms with Crippen molar-refractivity contribution in [1.29, 1.82) is 0 Å². The fourth-order valence-corrected chi connectivity index (χ4v) is 3.77. The molecule has 156 valence electrons. The average Bonchev–Trinajstić information content (AvgIpc) is 2.73. The molecule has 29 heavy (non-hydrogen) atoms. The molecular formula is C22H27ClN2O3S. The third kappa shape index (κ3) is 7.29. The number of thioether (sulfide) groups is 1. The number of rotatable bonds is 10. The van der Waals surface area contributed by atoms with Gasteiger partial charge in [0.05, 0.1) is 7.11 Å². The maximum Gasteiger partial charge on any atom is 0.242 e. The van der Waals surface area contributed by atoms with Crippen LogP contribution in [0.2, 0.25) is 5.02 Å². The highest BCUT2D eigenvalue weighted by Crippen LogP contribution is 2.22. The van der Waals surface area contributed by atoms with Gasteiger partial charge in [-0.25, -0.2) is 0 Å². The molecule has 0 heterocycles. The number of hydrogen-bond acceptors (Lipinski definition) is 4. The van der Waals surface area contributed by atoms with Gasteiger partial charge in [0.15, 0.2) is 0 Å². The summed E-state index contributed by atoms with van der Waals surface area (Å²) in [5, 5.41) is 3.49. The second-order valence-electron chi connectivity index (χ2n) is 6.50. The van der Waals surface area contributed by atoms with Gasteiger partial charge in [0, 0.05) is 35.2 Å². The third-order valence-electron chi connectivity index (χ3n) is 4.40. The van der Waals surface area contributed by atoms with Gasteiger partial charge < -0.3 is 15.0 Å². The monoisotopic (exact) mass is 434 g/mol. The first-order valence-corrected chi connectivity index (χ1v) is 10.9. The topological polar surface area (TPSA) is 58.6 Å². The Bertz CT molecular complexity index is 814. The molecule has 0 saturated carbocycles. The highest BCUT2D eigenvalue weighted by Gasteiger charge is 2.25. The summed E-state index contributed by atoms with van der Waals surface area (Å²) < 4.78 is 5.27. The largest absolute Gasteiger partial charge is 0.497 e. The summed E-state index contributed by atoms with van der Waals surface area (Å²) in [6, 6.07) is 14.5. The third-order valence-corrected chi connectivity index (χ3v) is 5.67. The van der Waals surface area contributed by atoms with Crippen molar-refractivity contribution >= 4 is 35.2 Å². The van der Waals surface area contributed by atoms with E-state index in [9.17, 15) is 9.59 Å². The summed E-state index contributed by atoms with van der Waals surface area (Å²) in [6.07, 6.45) is 0.334. The van der Waals surface area contributed by atoms with E-state index in [1.807, 2.05) is 55.5 Å². The Balaban J connectivity index is 2.06. The molecule has 0 radical (unpaired) electrons. The van der Waals surface area contributed by atoms with Gasteiger partial charge in [-0.3, -0.25) is 9.59 Å². The number of hydrogen-bond donors (Lipinski definition) is 1. The molecule has 0 aliphatic carbocycles. The van der Waals surface area contributed by atoms with Gasteiger partial charge in [-0.2, -0.15) is 0 Å². The van der Waals surface area contributed by atoms with Gasteiger partial charge in [-0.05, 0) is 55.8 Å². The number of ether oxygens (including phenoxy) is 1. The molecule has 1 atom stereocenters. The average molecular weight is 435 g/mol. The molecule has 2 aromatic carbocycles. The SMILES string of the molecule is CCNC(=O)[C@H](C)N(Cc1cccc(OC)c1)C(=O)CCSc1ccc(Cl)cc1. The van der Waals surface area contributed by atoms with Crippen molar-refractivity contribution < 1.29 is 14.3 Å². The molecule has 2 amide bonds. The highest BCUT2D eigenvalue weighted by atomic mass is 35.5. The molecule has 5 nitrogen and oxygen atoms in total. The number of carbonyl (C=O) groups excluding carboxylic acids is 2. The van der Waals surface area contributed by atoms with Crippen LogP contribution in [-0.4, -0.2) is 42.2 Å². The van der Waals surface area contributed by atoms with E-state index in [0.717, 1.165) is 16.2 Å². The van der Waals surface area contributed by atoms with Gasteiger partial charge in [0.1, 0.15) is 11.8 Å². The van der Waals surface area contributed by atoms with Crippen LogP contribution in [0, 0.1) is 0 Å². The summed E-state index contributed by atoms with van der Waals surface area (Å²) in [6.45, 7) is 4.49. The lowest BCUT2D eigenvalue weighted by molar-refractivity contribution is -0.140. The summed E-state index contributed by atoms with van der Waals surface area (Å²) >= 11 is 7.50. The number of halogens is 1. The van der Waals surface area contributed by atoms with Crippen molar-refractivity contribution in [3.8, 4) is 5.75 Å². The van der Waals surface area contributed by atoms with Crippen LogP contribution < -0.4 is 10.1 Å². The predicted molar refractivity (Wildman–Crippen MR) is 118 cm³/mol. The Kier molecular flexibility index (Phi) is 9.35. The first-order chi connectivity index (χ1) is 13.9. The number of methoxy groups -OCH3 is 1. The van der Waals surface area contributed by atoms with E-state index >= 15 is 0 Å². The van der Waals surface area contributed by atoms with Crippen LogP contribution in [0.15, 0.2) is 53.4 Å². The zero-order chi connectivity index (χ0) is 21.2. The number of carbonyl (C=O) groups is 2. The van der Waals surface area contributed by atoms with E-state index in [0.29, 0.717) is 30.3 Å². The van der Waals surface area contributed by atoms with E-state index in [-0.39, 0.29) is 11.8 Å². The standard InChI is InChI=1S/C22H27ClN2O3S/c1-4-24-22(27)16(2)25(15-17-6-5-7-19(14-17)28-3)21(26)12-13-29-20-10-8-18(23)9-11-20/h5-11,14,16H,4,12-13,15H2,1-3H3,(H,24,27)/t16-/m0/s1. The van der Waals surface area contributed by atoms with Crippen LogP contribution in [0.4, 0.5) is 0 Å². The normalized spacial score (nSPS) is 11.6. The highest BCUT2D eigenvalue weighted by molar-refractivity contribution is 7.99. The Morgan fingerprint density at radius 3 is 2.59 bits per heavy atom. The predicted octanol–water partition coefficient (Wildman–Crippen LogP) is 4.38. The molecule has 2 aromatic rings. The fourth-order valence-electron chi connectivity index (χ4n) is 2.80. The zero-order valence-electron chi connectivity index (χ0n) is 17.0. The summed E-state index contributed by atoms with van der Waals surface area (Å²) in [5.74, 6) is 1.12. The lowest BCUT2D eigenvalue weighted by Gasteiger charge is -2.29. The summed E-state index contributed by atoms with van der Waals surface area (Å²) in [7, 11) is 1.60. The number of likely N-dealkylation sites (N-methyl/N-ethyl adjacent to an activating group) is 1. The van der Waals surface area contributed by atoms with E-state index < -0.39 is 6.04 Å². The van der Waals surface area contributed by atoms with Gasteiger partial charge in [0.25, 0.3) is 0 Å². The van der Waals surface area contributed by atoms with Gasteiger partial charge in [0.2, 0.25) is 11.8 Å². The second-order valence-corrected chi connectivity index (χ2v) is 8.10. The minimum atomic E-state index is -0.561. The molecule has 0 unspecified atom stereocenters. The lowest BCUT2D eigenvalue weighted by Crippen LogP contribution is -2.47. The van der Waals surface area contributed by atoms with Crippen LogP contribution in [0.1, 0.15) is 25.8 Å². The molecule has 2 rings (SSSR count). The Morgan fingerprint density at radius 2 is 1.93 bits per heavy atom. The molecular weight excluding hydrogens is 408 g/mol. The van der Waals surface area contributed by atoms with Gasteiger partial charge in [-0.15, -0.1) is 11.8 Å². The molecule has 0 spiro atoms. The molecule has 0 aliphatic heterocycles. The summed E-state index contributed by atoms with van der Waals surface area (Å²) in [5.41, 5.74) is 0.916. The molecule has 0 aliphatic rings. The number of amides is 2. The van der Waals surface area contributed by atoms with E-state index in [4.69, 9.17) is 16.3 Å². The van der Waals surface area contributed by atoms with Crippen LogP contribution in [0.25, 0.3) is 0 Å². The smallest absolute Gasteiger partial charge is 0.242 e. The Hall–Kier alpha value is -2.18. The molecule has 7 heteroatoms. The van der Waals surface area contributed by atoms with Crippen molar-refractivity contribution in [1.82, 2.24) is 10.2 Å². The maximum atomic E-state index is 13.0. The van der Waals surface area contributed by atoms with Crippen LogP contribution in [-0.2, 0) is 16.1 Å². The summed E-state index contributed by atoms with van der Waals surface area (Å²) in [4.78, 5) is 28.0. The van der Waals surface area contributed by atoms with E-state index in [1.165, 1.54) is 0 Å². The van der Waals surface area contributed by atoms with Gasteiger partial charge >= 0.3 is 0 Å². The Labute approximate surface area is 181 Å². The van der Waals surface area contributed by atoms with Crippen LogP contribution in [0.3, 0.4) is 0 Å². The van der Waals surface area contributed by atoms with Crippen molar-refractivity contribution in [2.24, 2.45) is 0 Å². The van der Waals surface area contributed by atoms with E-state index in [1.54, 1.807) is 30.7 Å². The second kappa shape index (κ2) is 11.7. The lowest BCUT2D eigenvalue weighted by atomic mass is 10.1. The number of benzene rings is 2. The van der Waals surface area contributed by atoms with Crippen molar-refractivity contribution in [3.05, 3.63) is 59.1 Å². The number of nitrogens with zero attached hydrogens (tertiary/aromatic N) is 1. The molecule has 0 aromatic heterocycles. The molecule has 0 saturated heterocycles. The molecule has 0 bridgehead atoms. The quantitative estimate of drug-likeness (QED) is 0.563. The Morgan fingerprint density at radius 1 is 1.21 bits per heavy atom. The maximum absolute atomic E-state index is 13.0. The van der Waals surface area contributed by atoms with Crippen LogP contribution >= 0.6 is 23.4 Å². The molecule has 1 N–H and O–H groups in total. The minimum Gasteiger partial charge on any atom is -0.497 e. The van der Waals surface area contributed by atoms with Crippen LogP contribution in [0.5, 0.6) is 5.75 Å². The fraction of sp³-hybridized carbons (Fsp3) is 0.364. The van der Waals surface area contributed by atoms with Crippen molar-refractivity contribution in [3.63, 3.8) is 0 Å².